The normalized spacial score (nSPS) is 18.1. The standard InChI is InChI=1S/C14H22O4/c1-6-16-12-9-11(4)10-13(17-7-2)14(12,15-5)18-8-3/h9-10H,4,6-8H2,1-3,5H3. The zero-order valence-electron chi connectivity index (χ0n) is 11.6. The molecular weight excluding hydrogens is 232 g/mol. The molecule has 0 bridgehead atoms. The largest absolute Gasteiger partial charge is 0.492 e. The average molecular weight is 254 g/mol. The first-order valence-corrected chi connectivity index (χ1v) is 6.22. The third-order valence-corrected chi connectivity index (χ3v) is 2.52. The van der Waals surface area contributed by atoms with Crippen LogP contribution in [0.2, 0.25) is 0 Å². The molecule has 0 aliphatic heterocycles. The van der Waals surface area contributed by atoms with Crippen LogP contribution in [0.4, 0.5) is 0 Å². The summed E-state index contributed by atoms with van der Waals surface area (Å²) in [6.07, 6.45) is 3.62. The second-order valence-corrected chi connectivity index (χ2v) is 3.71. The van der Waals surface area contributed by atoms with Gasteiger partial charge in [-0.1, -0.05) is 6.58 Å². The molecule has 1 aliphatic carbocycles. The van der Waals surface area contributed by atoms with Crippen molar-refractivity contribution < 1.29 is 18.9 Å². The highest BCUT2D eigenvalue weighted by molar-refractivity contribution is 5.42. The molecule has 0 radical (unpaired) electrons. The van der Waals surface area contributed by atoms with Crippen LogP contribution in [0.15, 0.2) is 35.8 Å². The Balaban J connectivity index is 3.18. The van der Waals surface area contributed by atoms with Crippen LogP contribution < -0.4 is 0 Å². The topological polar surface area (TPSA) is 36.9 Å². The Morgan fingerprint density at radius 2 is 1.50 bits per heavy atom. The third kappa shape index (κ3) is 2.76. The van der Waals surface area contributed by atoms with Crippen LogP contribution in [0.1, 0.15) is 20.8 Å². The van der Waals surface area contributed by atoms with Crippen LogP contribution >= 0.6 is 0 Å². The SMILES string of the molecule is C=C1C=C(OCC)C(OC)(OCC)C(OCC)=C1. The lowest BCUT2D eigenvalue weighted by molar-refractivity contribution is -0.212. The summed E-state index contributed by atoms with van der Waals surface area (Å²) >= 11 is 0. The molecule has 1 aliphatic rings. The van der Waals surface area contributed by atoms with Crippen molar-refractivity contribution >= 4 is 0 Å². The second-order valence-electron chi connectivity index (χ2n) is 3.71. The lowest BCUT2D eigenvalue weighted by atomic mass is 10.0. The molecular formula is C14H22O4. The maximum atomic E-state index is 5.75. The molecule has 0 amide bonds. The number of allylic oxidation sites excluding steroid dienone is 3. The van der Waals surface area contributed by atoms with E-state index in [-0.39, 0.29) is 0 Å². The van der Waals surface area contributed by atoms with Crippen molar-refractivity contribution in [2.75, 3.05) is 26.9 Å². The first-order chi connectivity index (χ1) is 8.64. The van der Waals surface area contributed by atoms with E-state index in [1.54, 1.807) is 7.11 Å². The Kier molecular flexibility index (Phi) is 5.44. The zero-order chi connectivity index (χ0) is 13.6. The molecule has 18 heavy (non-hydrogen) atoms. The Labute approximate surface area is 109 Å². The van der Waals surface area contributed by atoms with Crippen molar-refractivity contribution in [3.8, 4) is 0 Å². The fraction of sp³-hybridized carbons (Fsp3) is 0.571. The van der Waals surface area contributed by atoms with E-state index >= 15 is 0 Å². The molecule has 0 aromatic heterocycles. The predicted octanol–water partition coefficient (Wildman–Crippen LogP) is 2.78. The lowest BCUT2D eigenvalue weighted by Crippen LogP contribution is -2.43. The van der Waals surface area contributed by atoms with Gasteiger partial charge >= 0.3 is 0 Å². The summed E-state index contributed by atoms with van der Waals surface area (Å²) in [5, 5.41) is 0. The van der Waals surface area contributed by atoms with Gasteiger partial charge in [0.1, 0.15) is 0 Å². The average Bonchev–Trinajstić information content (AvgIpc) is 2.34. The molecule has 0 N–H and O–H groups in total. The van der Waals surface area contributed by atoms with Crippen molar-refractivity contribution in [3.05, 3.63) is 35.8 Å². The molecule has 102 valence electrons. The van der Waals surface area contributed by atoms with Crippen LogP contribution in [-0.4, -0.2) is 32.7 Å². The van der Waals surface area contributed by atoms with E-state index in [0.29, 0.717) is 31.3 Å². The van der Waals surface area contributed by atoms with Crippen molar-refractivity contribution in [2.24, 2.45) is 0 Å². The molecule has 0 unspecified atom stereocenters. The highest BCUT2D eigenvalue weighted by Crippen LogP contribution is 2.37. The van der Waals surface area contributed by atoms with Gasteiger partial charge in [0.25, 0.3) is 5.79 Å². The van der Waals surface area contributed by atoms with Crippen molar-refractivity contribution in [3.63, 3.8) is 0 Å². The molecule has 4 heteroatoms. The van der Waals surface area contributed by atoms with Crippen molar-refractivity contribution in [1.82, 2.24) is 0 Å². The number of rotatable bonds is 7. The maximum absolute atomic E-state index is 5.75. The number of ether oxygens (including phenoxy) is 4. The van der Waals surface area contributed by atoms with E-state index in [1.165, 1.54) is 0 Å². The van der Waals surface area contributed by atoms with E-state index in [1.807, 2.05) is 32.9 Å². The van der Waals surface area contributed by atoms with Gasteiger partial charge in [-0.2, -0.15) is 0 Å². The Morgan fingerprint density at radius 3 is 1.83 bits per heavy atom. The van der Waals surface area contributed by atoms with E-state index in [9.17, 15) is 0 Å². The Bertz CT molecular complexity index is 329. The summed E-state index contributed by atoms with van der Waals surface area (Å²) < 4.78 is 22.5. The van der Waals surface area contributed by atoms with Gasteiger partial charge in [-0.3, -0.25) is 0 Å². The molecule has 0 spiro atoms. The molecule has 0 aromatic rings. The van der Waals surface area contributed by atoms with Gasteiger partial charge in [-0.05, 0) is 38.5 Å². The summed E-state index contributed by atoms with van der Waals surface area (Å²) in [5.74, 6) is 0.0534. The summed E-state index contributed by atoms with van der Waals surface area (Å²) in [7, 11) is 1.57. The van der Waals surface area contributed by atoms with Crippen LogP contribution in [0.25, 0.3) is 0 Å². The molecule has 4 nitrogen and oxygen atoms in total. The molecule has 0 saturated carbocycles. The highest BCUT2D eigenvalue weighted by Gasteiger charge is 2.45. The summed E-state index contributed by atoms with van der Waals surface area (Å²) in [6, 6.07) is 0. The molecule has 0 heterocycles. The minimum absolute atomic E-state index is 0.481. The van der Waals surface area contributed by atoms with E-state index in [4.69, 9.17) is 18.9 Å². The molecule has 0 fully saturated rings. The van der Waals surface area contributed by atoms with Gasteiger partial charge in [0.05, 0.1) is 13.2 Å². The quantitative estimate of drug-likeness (QED) is 0.655. The van der Waals surface area contributed by atoms with Gasteiger partial charge < -0.3 is 18.9 Å². The number of hydrogen-bond donors (Lipinski definition) is 0. The predicted molar refractivity (Wildman–Crippen MR) is 69.9 cm³/mol. The summed E-state index contributed by atoms with van der Waals surface area (Å²) in [6.45, 7) is 11.2. The maximum Gasteiger partial charge on any atom is 0.287 e. The van der Waals surface area contributed by atoms with Gasteiger partial charge in [0, 0.05) is 13.7 Å². The number of hydrogen-bond acceptors (Lipinski definition) is 4. The Morgan fingerprint density at radius 1 is 1.00 bits per heavy atom. The minimum Gasteiger partial charge on any atom is -0.492 e. The van der Waals surface area contributed by atoms with E-state index in [0.717, 1.165) is 5.57 Å². The molecule has 0 saturated heterocycles. The van der Waals surface area contributed by atoms with Gasteiger partial charge in [0.15, 0.2) is 11.5 Å². The van der Waals surface area contributed by atoms with Gasteiger partial charge in [-0.25, -0.2) is 0 Å². The highest BCUT2D eigenvalue weighted by atomic mass is 16.7. The fourth-order valence-electron chi connectivity index (χ4n) is 1.88. The molecule has 0 aromatic carbocycles. The van der Waals surface area contributed by atoms with Gasteiger partial charge in [-0.15, -0.1) is 0 Å². The first kappa shape index (κ1) is 14.8. The van der Waals surface area contributed by atoms with Gasteiger partial charge in [0.2, 0.25) is 0 Å². The summed E-state index contributed by atoms with van der Waals surface area (Å²) in [4.78, 5) is 0. The smallest absolute Gasteiger partial charge is 0.287 e. The van der Waals surface area contributed by atoms with Crippen LogP contribution in [0, 0.1) is 0 Å². The second kappa shape index (κ2) is 6.61. The molecule has 1 rings (SSSR count). The lowest BCUT2D eigenvalue weighted by Gasteiger charge is -2.37. The molecule has 0 atom stereocenters. The monoisotopic (exact) mass is 254 g/mol. The van der Waals surface area contributed by atoms with Crippen LogP contribution in [-0.2, 0) is 18.9 Å². The minimum atomic E-state index is -1.10. The van der Waals surface area contributed by atoms with E-state index in [2.05, 4.69) is 6.58 Å². The fourth-order valence-corrected chi connectivity index (χ4v) is 1.88. The Hall–Kier alpha value is -1.26. The number of methoxy groups -OCH3 is 1. The van der Waals surface area contributed by atoms with Crippen molar-refractivity contribution in [1.29, 1.82) is 0 Å². The first-order valence-electron chi connectivity index (χ1n) is 6.22. The third-order valence-electron chi connectivity index (χ3n) is 2.52. The van der Waals surface area contributed by atoms with Crippen molar-refractivity contribution in [2.45, 2.75) is 26.6 Å². The zero-order valence-corrected chi connectivity index (χ0v) is 11.6. The van der Waals surface area contributed by atoms with E-state index < -0.39 is 5.79 Å². The van der Waals surface area contributed by atoms with Crippen LogP contribution in [0.5, 0.6) is 0 Å². The van der Waals surface area contributed by atoms with Crippen LogP contribution in [0.3, 0.4) is 0 Å². The summed E-state index contributed by atoms with van der Waals surface area (Å²) in [5.41, 5.74) is 0.800.